The first-order valence-corrected chi connectivity index (χ1v) is 14.2. The number of hydrogen-bond donors (Lipinski definition) is 4. The molecule has 2 aliphatic rings. The van der Waals surface area contributed by atoms with Gasteiger partial charge in [0.25, 0.3) is 5.91 Å². The molecule has 0 radical (unpaired) electrons. The number of hydrogen-bond acceptors (Lipinski definition) is 8. The number of aliphatic hydroxyl groups is 1. The number of aliphatic hydroxyl groups excluding tert-OH is 1. The van der Waals surface area contributed by atoms with E-state index in [4.69, 9.17) is 4.74 Å². The Labute approximate surface area is 227 Å². The molecule has 2 aliphatic heterocycles. The number of nitrogens with one attached hydrogen (secondary N) is 2. The first kappa shape index (κ1) is 28.7. The van der Waals surface area contributed by atoms with Gasteiger partial charge in [-0.15, -0.1) is 0 Å². The van der Waals surface area contributed by atoms with Crippen LogP contribution in [0.3, 0.4) is 0 Å². The largest absolute Gasteiger partial charge is 0.485 e. The third kappa shape index (κ3) is 6.14. The SMILES string of the molecule is CCc1ccc(S(=O)(=O)N[C@@H]2c3cc(C(=O)N[C@H](CC4C=NCN4C)C(=O)O)ccc3OC(C)(C)[C@H]2O)cc1. The van der Waals surface area contributed by atoms with Gasteiger partial charge in [0.15, 0.2) is 0 Å². The molecular weight excluding hydrogens is 524 g/mol. The van der Waals surface area contributed by atoms with Crippen LogP contribution in [0.5, 0.6) is 5.75 Å². The van der Waals surface area contributed by atoms with Crippen molar-refractivity contribution >= 4 is 28.1 Å². The third-order valence-corrected chi connectivity index (χ3v) is 8.62. The van der Waals surface area contributed by atoms with Gasteiger partial charge in [0.05, 0.1) is 17.6 Å². The van der Waals surface area contributed by atoms with Gasteiger partial charge in [-0.2, -0.15) is 0 Å². The molecular formula is C27H34N4O7S. The Balaban J connectivity index is 1.62. The molecule has 0 aromatic heterocycles. The topological polar surface area (TPSA) is 158 Å². The van der Waals surface area contributed by atoms with Crippen molar-refractivity contribution in [2.24, 2.45) is 4.99 Å². The number of aliphatic imine (C=N–C) groups is 1. The zero-order valence-corrected chi connectivity index (χ0v) is 23.1. The van der Waals surface area contributed by atoms with E-state index in [1.54, 1.807) is 32.2 Å². The maximum Gasteiger partial charge on any atom is 0.326 e. The lowest BCUT2D eigenvalue weighted by Gasteiger charge is -2.42. The minimum atomic E-state index is -4.05. The highest BCUT2D eigenvalue weighted by atomic mass is 32.2. The van der Waals surface area contributed by atoms with Crippen LogP contribution in [0.2, 0.25) is 0 Å². The monoisotopic (exact) mass is 558 g/mol. The molecule has 0 bridgehead atoms. The minimum Gasteiger partial charge on any atom is -0.485 e. The summed E-state index contributed by atoms with van der Waals surface area (Å²) in [5.41, 5.74) is 0.200. The zero-order chi connectivity index (χ0) is 28.5. The van der Waals surface area contributed by atoms with E-state index in [-0.39, 0.29) is 28.5 Å². The molecule has 4 N–H and O–H groups in total. The van der Waals surface area contributed by atoms with Crippen LogP contribution in [0.25, 0.3) is 0 Å². The predicted octanol–water partition coefficient (Wildman–Crippen LogP) is 1.72. The molecule has 0 saturated heterocycles. The number of nitrogens with zero attached hydrogens (tertiary/aromatic N) is 2. The molecule has 1 amide bonds. The fourth-order valence-electron chi connectivity index (χ4n) is 4.67. The number of carboxylic acids is 1. The second-order valence-electron chi connectivity index (χ2n) is 10.4. The molecule has 0 spiro atoms. The van der Waals surface area contributed by atoms with Crippen LogP contribution in [0.15, 0.2) is 52.4 Å². The van der Waals surface area contributed by atoms with Gasteiger partial charge in [0.2, 0.25) is 10.0 Å². The molecule has 0 aliphatic carbocycles. The molecule has 0 saturated carbocycles. The van der Waals surface area contributed by atoms with Gasteiger partial charge in [-0.05, 0) is 69.6 Å². The number of fused-ring (bicyclic) bond motifs is 1. The van der Waals surface area contributed by atoms with E-state index in [1.807, 2.05) is 18.9 Å². The van der Waals surface area contributed by atoms with Gasteiger partial charge in [0.1, 0.15) is 23.5 Å². The van der Waals surface area contributed by atoms with Gasteiger partial charge < -0.3 is 20.3 Å². The van der Waals surface area contributed by atoms with Crippen LogP contribution in [-0.4, -0.2) is 79.1 Å². The molecule has 2 aromatic carbocycles. The molecule has 12 heteroatoms. The van der Waals surface area contributed by atoms with Gasteiger partial charge >= 0.3 is 5.97 Å². The number of carbonyl (C=O) groups is 2. The average molecular weight is 559 g/mol. The number of aliphatic carboxylic acids is 1. The van der Waals surface area contributed by atoms with Crippen molar-refractivity contribution < 1.29 is 33.0 Å². The maximum absolute atomic E-state index is 13.3. The van der Waals surface area contributed by atoms with Crippen LogP contribution in [0.1, 0.15) is 54.7 Å². The smallest absolute Gasteiger partial charge is 0.326 e. The highest BCUT2D eigenvalue weighted by molar-refractivity contribution is 7.89. The quantitative estimate of drug-likeness (QED) is 0.362. The molecule has 210 valence electrons. The first-order valence-electron chi connectivity index (χ1n) is 12.7. The second kappa shape index (κ2) is 11.0. The van der Waals surface area contributed by atoms with Crippen molar-refractivity contribution in [2.45, 2.75) is 68.3 Å². The Kier molecular flexibility index (Phi) is 8.12. The summed E-state index contributed by atoms with van der Waals surface area (Å²) in [6, 6.07) is 8.32. The zero-order valence-electron chi connectivity index (χ0n) is 22.3. The lowest BCUT2D eigenvalue weighted by Crippen LogP contribution is -2.53. The van der Waals surface area contributed by atoms with E-state index in [0.717, 1.165) is 12.0 Å². The van der Waals surface area contributed by atoms with Crippen LogP contribution < -0.4 is 14.8 Å². The Morgan fingerprint density at radius 3 is 2.49 bits per heavy atom. The molecule has 11 nitrogen and oxygen atoms in total. The standard InChI is InChI=1S/C27H34N4O7S/c1-5-16-6-9-19(10-7-16)39(36,37)30-23-20-12-17(8-11-22(20)38-27(2,3)24(23)32)25(33)29-21(26(34)35)13-18-14-28-15-31(18)4/h6-12,14,18,21,23-24,30,32H,5,13,15H2,1-4H3,(H,29,33)(H,34,35)/t18?,21-,23-,24+/m1/s1. The van der Waals surface area contributed by atoms with Gasteiger partial charge in [-0.25, -0.2) is 17.9 Å². The molecule has 1 unspecified atom stereocenters. The van der Waals surface area contributed by atoms with Crippen molar-refractivity contribution in [3.8, 4) is 5.75 Å². The van der Waals surface area contributed by atoms with E-state index in [9.17, 15) is 28.2 Å². The number of sulfonamides is 1. The summed E-state index contributed by atoms with van der Waals surface area (Å²) in [5, 5.41) is 23.4. The summed E-state index contributed by atoms with van der Waals surface area (Å²) in [6.07, 6.45) is 1.25. The average Bonchev–Trinajstić information content (AvgIpc) is 3.30. The molecule has 4 rings (SSSR count). The summed E-state index contributed by atoms with van der Waals surface area (Å²) in [4.78, 5) is 31.0. The van der Waals surface area contributed by atoms with Crippen LogP contribution in [-0.2, 0) is 21.2 Å². The van der Waals surface area contributed by atoms with Gasteiger partial charge in [-0.1, -0.05) is 19.1 Å². The van der Waals surface area contributed by atoms with E-state index in [2.05, 4.69) is 15.0 Å². The molecule has 0 fully saturated rings. The van der Waals surface area contributed by atoms with Crippen molar-refractivity contribution in [3.63, 3.8) is 0 Å². The lowest BCUT2D eigenvalue weighted by atomic mass is 9.86. The Hall–Kier alpha value is -3.32. The van der Waals surface area contributed by atoms with E-state index in [0.29, 0.717) is 12.4 Å². The fourth-order valence-corrected chi connectivity index (χ4v) is 5.89. The molecule has 2 heterocycles. The predicted molar refractivity (Wildman–Crippen MR) is 144 cm³/mol. The van der Waals surface area contributed by atoms with E-state index >= 15 is 0 Å². The maximum atomic E-state index is 13.3. The van der Waals surface area contributed by atoms with Crippen molar-refractivity contribution in [2.75, 3.05) is 13.7 Å². The van der Waals surface area contributed by atoms with Crippen molar-refractivity contribution in [3.05, 3.63) is 59.2 Å². The summed E-state index contributed by atoms with van der Waals surface area (Å²) >= 11 is 0. The van der Waals surface area contributed by atoms with Crippen molar-refractivity contribution in [1.82, 2.24) is 14.9 Å². The third-order valence-electron chi connectivity index (χ3n) is 7.16. The van der Waals surface area contributed by atoms with Crippen molar-refractivity contribution in [1.29, 1.82) is 0 Å². The molecule has 2 aromatic rings. The Morgan fingerprint density at radius 1 is 1.21 bits per heavy atom. The minimum absolute atomic E-state index is 0.0383. The summed E-state index contributed by atoms with van der Waals surface area (Å²) < 4.78 is 35.1. The van der Waals surface area contributed by atoms with E-state index < -0.39 is 45.7 Å². The van der Waals surface area contributed by atoms with Crippen LogP contribution in [0.4, 0.5) is 0 Å². The lowest BCUT2D eigenvalue weighted by molar-refractivity contribution is -0.139. The number of aryl methyl sites for hydroxylation is 1. The summed E-state index contributed by atoms with van der Waals surface area (Å²) in [6.45, 7) is 5.69. The normalized spacial score (nSPS) is 23.1. The Bertz CT molecular complexity index is 1380. The number of carboxylic acid groups (broad SMARTS) is 1. The second-order valence-corrected chi connectivity index (χ2v) is 12.1. The first-order chi connectivity index (χ1) is 18.3. The fraction of sp³-hybridized carbons (Fsp3) is 0.444. The van der Waals surface area contributed by atoms with Gasteiger partial charge in [0, 0.05) is 23.4 Å². The number of rotatable bonds is 9. The van der Waals surface area contributed by atoms with Crippen LogP contribution in [0, 0.1) is 0 Å². The number of carbonyl (C=O) groups excluding carboxylic acids is 1. The summed E-state index contributed by atoms with van der Waals surface area (Å²) in [5.74, 6) is -1.54. The highest BCUT2D eigenvalue weighted by Crippen LogP contribution is 2.41. The molecule has 4 atom stereocenters. The highest BCUT2D eigenvalue weighted by Gasteiger charge is 2.45. The Morgan fingerprint density at radius 2 is 1.90 bits per heavy atom. The molecule has 39 heavy (non-hydrogen) atoms. The van der Waals surface area contributed by atoms with Crippen LogP contribution >= 0.6 is 0 Å². The number of amides is 1. The number of ether oxygens (including phenoxy) is 1. The number of benzene rings is 2. The summed E-state index contributed by atoms with van der Waals surface area (Å²) in [7, 11) is -2.24. The van der Waals surface area contributed by atoms with E-state index in [1.165, 1.54) is 30.3 Å². The van der Waals surface area contributed by atoms with Gasteiger partial charge in [-0.3, -0.25) is 14.7 Å².